The molecule has 0 aliphatic rings. The second-order valence-electron chi connectivity index (χ2n) is 8.60. The van der Waals surface area contributed by atoms with Gasteiger partial charge in [0.25, 0.3) is 0 Å². The van der Waals surface area contributed by atoms with E-state index in [1.807, 2.05) is 0 Å². The van der Waals surface area contributed by atoms with Crippen LogP contribution < -0.4 is 0 Å². The van der Waals surface area contributed by atoms with Gasteiger partial charge in [0.2, 0.25) is 0 Å². The van der Waals surface area contributed by atoms with Gasteiger partial charge in [-0.05, 0) is 0 Å². The van der Waals surface area contributed by atoms with E-state index in [0.717, 1.165) is 0 Å². The summed E-state index contributed by atoms with van der Waals surface area (Å²) in [6.07, 6.45) is 9.30. The van der Waals surface area contributed by atoms with E-state index in [9.17, 15) is 0 Å². The molecule has 0 spiro atoms. The van der Waals surface area contributed by atoms with Crippen LogP contribution in [0.3, 0.4) is 0 Å². The maximum atomic E-state index is 2.54. The van der Waals surface area contributed by atoms with Crippen LogP contribution in [-0.2, 0) is 0 Å². The van der Waals surface area contributed by atoms with E-state index in [1.54, 1.807) is 42.7 Å². The molecule has 4 radical (unpaired) electrons. The molecule has 4 N–H and O–H groups in total. The van der Waals surface area contributed by atoms with Crippen molar-refractivity contribution in [3.05, 3.63) is 0 Å². The second-order valence-corrected chi connectivity index (χ2v) is 31.3. The van der Waals surface area contributed by atoms with E-state index in [4.69, 9.17) is 0 Å². The summed E-state index contributed by atoms with van der Waals surface area (Å²) in [4.78, 5) is 0. The van der Waals surface area contributed by atoms with E-state index in [-0.39, 0.29) is 53.2 Å². The van der Waals surface area contributed by atoms with Crippen LogP contribution in [0, 0.1) is 0 Å². The summed E-state index contributed by atoms with van der Waals surface area (Å²) in [6, 6.07) is 0. The first kappa shape index (κ1) is 28.7. The molecule has 0 aliphatic heterocycles. The van der Waals surface area contributed by atoms with Crippen LogP contribution in [0.15, 0.2) is 0 Å². The molecule has 0 saturated carbocycles. The van der Waals surface area contributed by atoms with E-state index in [2.05, 4.69) is 39.3 Å². The van der Waals surface area contributed by atoms with Crippen molar-refractivity contribution in [1.29, 1.82) is 0 Å². The minimum Gasteiger partial charge on any atom is -0.412 e. The number of hydrogen-bond donors (Lipinski definition) is 0. The van der Waals surface area contributed by atoms with Gasteiger partial charge in [-0.3, -0.25) is 0 Å². The molecule has 0 fully saturated rings. The Bertz CT molecular complexity index is 205. The number of rotatable bonds is 13. The van der Waals surface area contributed by atoms with Crippen LogP contribution in [0.1, 0.15) is 38.5 Å². The average molecular weight is 560 g/mol. The molecule has 0 aliphatic carbocycles. The maximum absolute atomic E-state index is 2.54. The van der Waals surface area contributed by atoms with Crippen molar-refractivity contribution in [2.24, 2.45) is 0 Å². The topological polar surface area (TPSA) is 63.0 Å². The van der Waals surface area contributed by atoms with Crippen molar-refractivity contribution in [1.82, 2.24) is 0 Å². The van der Waals surface area contributed by atoms with Gasteiger partial charge in [0.05, 0.1) is 0 Å². The Morgan fingerprint density at radius 1 is 0.500 bits per heavy atom. The zero-order chi connectivity index (χ0) is 15.5. The van der Waals surface area contributed by atoms with E-state index in [1.165, 1.54) is 12.8 Å². The van der Waals surface area contributed by atoms with E-state index >= 15 is 0 Å². The molecule has 0 atom stereocenters. The van der Waals surface area contributed by atoms with E-state index in [0.29, 0.717) is 0 Å². The molecular formula is C16H42O2Si2Sn2. The number of hydrogen-bond acceptors (Lipinski definition) is 0. The molecular weight excluding hydrogens is 518 g/mol. The average Bonchev–Trinajstić information content (AvgIpc) is 2.27. The number of unbranched alkanes of at least 4 members (excludes halogenated alkanes) is 5. The van der Waals surface area contributed by atoms with Crippen LogP contribution in [-0.4, -0.2) is 69.4 Å². The van der Waals surface area contributed by atoms with E-state index < -0.39 is 16.1 Å². The Hall–Kier alpha value is 1.95. The van der Waals surface area contributed by atoms with Gasteiger partial charge in [0.15, 0.2) is 0 Å². The Morgan fingerprint density at radius 3 is 1.05 bits per heavy atom. The minimum atomic E-state index is -0.682. The zero-order valence-electron chi connectivity index (χ0n) is 16.1. The molecule has 6 heteroatoms. The molecule has 2 nitrogen and oxygen atoms in total. The monoisotopic (exact) mass is 562 g/mol. The summed E-state index contributed by atoms with van der Waals surface area (Å²) in [5.41, 5.74) is 0. The van der Waals surface area contributed by atoms with Gasteiger partial charge in [-0.15, -0.1) is 0 Å². The Kier molecular flexibility index (Phi) is 21.5. The summed E-state index contributed by atoms with van der Waals surface area (Å²) >= 11 is 0.0999. The van der Waals surface area contributed by atoms with Gasteiger partial charge in [-0.1, -0.05) is 0 Å². The Balaban J connectivity index is -0.00000180. The molecule has 0 heterocycles. The fourth-order valence-electron chi connectivity index (χ4n) is 2.13. The van der Waals surface area contributed by atoms with Crippen LogP contribution in [0.4, 0.5) is 0 Å². The van der Waals surface area contributed by atoms with Gasteiger partial charge in [0, 0.05) is 0 Å². The largest absolute Gasteiger partial charge is 0.412 e. The summed E-state index contributed by atoms with van der Waals surface area (Å²) in [7, 11) is -1.36. The second kappa shape index (κ2) is 16.4. The van der Waals surface area contributed by atoms with Crippen molar-refractivity contribution >= 4 is 58.4 Å². The van der Waals surface area contributed by atoms with Gasteiger partial charge >= 0.3 is 153 Å². The molecule has 22 heavy (non-hydrogen) atoms. The molecule has 0 unspecified atom stereocenters. The molecule has 0 saturated heterocycles. The Morgan fingerprint density at radius 2 is 0.773 bits per heavy atom. The van der Waals surface area contributed by atoms with Crippen molar-refractivity contribution in [2.45, 2.75) is 94.8 Å². The molecule has 0 aromatic carbocycles. The summed E-state index contributed by atoms with van der Waals surface area (Å²) in [5.74, 6) is 0. The standard InChI is InChI=1S/C8H16.2C4H11Si.2H2O.2Sn/c1-3-5-7-8-6-4-2;2*1-5(2,3)4;;;;/h1-8H2;2*1H2,2-4H3;2*1H2;;. The molecule has 0 aromatic heterocycles. The first-order chi connectivity index (χ1) is 9.21. The summed E-state index contributed by atoms with van der Waals surface area (Å²) in [5, 5.41) is 0. The van der Waals surface area contributed by atoms with Crippen LogP contribution >= 0.6 is 0 Å². The predicted octanol–water partition coefficient (Wildman–Crippen LogP) is 4.51. The van der Waals surface area contributed by atoms with Crippen LogP contribution in [0.2, 0.25) is 56.3 Å². The SMILES string of the molecule is C[Si](C)(C)[CH2][Sn][CH2]CCCCCC[CH2][Sn][CH2][Si](C)(C)C.O.O. The molecule has 0 amide bonds. The zero-order valence-corrected chi connectivity index (χ0v) is 23.8. The van der Waals surface area contributed by atoms with Crippen LogP contribution in [0.5, 0.6) is 0 Å². The molecule has 0 rings (SSSR count). The van der Waals surface area contributed by atoms with Gasteiger partial charge < -0.3 is 11.0 Å². The normalized spacial score (nSPS) is 11.7. The first-order valence-electron chi connectivity index (χ1n) is 8.62. The van der Waals surface area contributed by atoms with Crippen molar-refractivity contribution < 1.29 is 11.0 Å². The molecule has 0 bridgehead atoms. The summed E-state index contributed by atoms with van der Waals surface area (Å²) < 4.78 is 6.74. The van der Waals surface area contributed by atoms with Crippen LogP contribution in [0.25, 0.3) is 0 Å². The Labute approximate surface area is 163 Å². The van der Waals surface area contributed by atoms with Crippen molar-refractivity contribution in [2.75, 3.05) is 0 Å². The van der Waals surface area contributed by atoms with Crippen molar-refractivity contribution in [3.63, 3.8) is 0 Å². The third-order valence-corrected chi connectivity index (χ3v) is 32.4. The molecule has 134 valence electrons. The fourth-order valence-corrected chi connectivity index (χ4v) is 22.7. The van der Waals surface area contributed by atoms with Crippen molar-refractivity contribution in [3.8, 4) is 0 Å². The first-order valence-corrected chi connectivity index (χ1v) is 24.1. The fraction of sp³-hybridized carbons (Fsp3) is 1.00. The minimum absolute atomic E-state index is 0. The predicted molar refractivity (Wildman–Crippen MR) is 112 cm³/mol. The van der Waals surface area contributed by atoms with Gasteiger partial charge in [-0.25, -0.2) is 0 Å². The van der Waals surface area contributed by atoms with Gasteiger partial charge in [-0.2, -0.15) is 0 Å². The quantitative estimate of drug-likeness (QED) is 0.235. The third kappa shape index (κ3) is 26.8. The summed E-state index contributed by atoms with van der Waals surface area (Å²) in [6.45, 7) is 15.3. The maximum Gasteiger partial charge on any atom is -0.412 e. The van der Waals surface area contributed by atoms with Gasteiger partial charge in [0.1, 0.15) is 0 Å². The third-order valence-electron chi connectivity index (χ3n) is 3.27. The molecule has 0 aromatic rings. The smallest absolute Gasteiger partial charge is 0.412 e.